The summed E-state index contributed by atoms with van der Waals surface area (Å²) in [4.78, 5) is 31.1. The highest BCUT2D eigenvalue weighted by molar-refractivity contribution is 7.45. The van der Waals surface area contributed by atoms with Gasteiger partial charge in [0, 0.05) is 16.5 Å². The van der Waals surface area contributed by atoms with Crippen LogP contribution in [-0.4, -0.2) is 20.8 Å². The molecule has 0 unspecified atom stereocenters. The van der Waals surface area contributed by atoms with Gasteiger partial charge in [0.1, 0.15) is 5.76 Å². The fraction of sp³-hybridized carbons (Fsp3) is 0.818. The highest BCUT2D eigenvalue weighted by atomic mass is 31.2. The van der Waals surface area contributed by atoms with Gasteiger partial charge in [0.15, 0.2) is 0 Å². The molecule has 22 heavy (non-hydrogen) atoms. The van der Waals surface area contributed by atoms with Crippen molar-refractivity contribution in [1.82, 2.24) is 0 Å². The van der Waals surface area contributed by atoms with Crippen LogP contribution in [0.5, 0.6) is 0 Å². The standard InChI is InChI=1S/C11H20O6.H3O4P/c1-3-7-10(2)12-14-16-17-15-13-11-8-5-4-6-9-11;1-5(2,3)4/h11H,2-9H2,1H3;(H3,1,2,3,4). The van der Waals surface area contributed by atoms with E-state index in [-0.39, 0.29) is 6.10 Å². The third-order valence-corrected chi connectivity index (χ3v) is 2.49. The normalized spacial score (nSPS) is 15.8. The summed E-state index contributed by atoms with van der Waals surface area (Å²) in [5, 5.41) is 16.8. The van der Waals surface area contributed by atoms with Gasteiger partial charge in [-0.3, -0.25) is 0 Å². The Morgan fingerprint density at radius 1 is 1.09 bits per heavy atom. The second-order valence-electron chi connectivity index (χ2n) is 4.51. The molecule has 1 aliphatic carbocycles. The predicted molar refractivity (Wildman–Crippen MR) is 71.7 cm³/mol. The zero-order chi connectivity index (χ0) is 16.8. The van der Waals surface area contributed by atoms with E-state index in [1.54, 1.807) is 0 Å². The van der Waals surface area contributed by atoms with Crippen LogP contribution < -0.4 is 0 Å². The van der Waals surface area contributed by atoms with Crippen LogP contribution in [0.1, 0.15) is 51.9 Å². The van der Waals surface area contributed by atoms with Crippen LogP contribution in [0, 0.1) is 0 Å². The van der Waals surface area contributed by atoms with Gasteiger partial charge in [-0.2, -0.15) is 0 Å². The maximum atomic E-state index is 8.88. The fourth-order valence-electron chi connectivity index (χ4n) is 1.64. The molecule has 0 radical (unpaired) electrons. The summed E-state index contributed by atoms with van der Waals surface area (Å²) in [5.41, 5.74) is 0. The molecule has 11 heteroatoms. The summed E-state index contributed by atoms with van der Waals surface area (Å²) in [6.07, 6.45) is 7.11. The van der Waals surface area contributed by atoms with Crippen molar-refractivity contribution in [1.29, 1.82) is 0 Å². The summed E-state index contributed by atoms with van der Waals surface area (Å²) >= 11 is 0. The van der Waals surface area contributed by atoms with Crippen molar-refractivity contribution in [3.8, 4) is 0 Å². The Balaban J connectivity index is 0.000000763. The van der Waals surface area contributed by atoms with Gasteiger partial charge < -0.3 is 19.6 Å². The second kappa shape index (κ2) is 12.9. The molecule has 0 amide bonds. The summed E-state index contributed by atoms with van der Waals surface area (Å²) in [5.74, 6) is 0.448. The van der Waals surface area contributed by atoms with Crippen LogP contribution in [0.4, 0.5) is 0 Å². The minimum absolute atomic E-state index is 0.0586. The lowest BCUT2D eigenvalue weighted by molar-refractivity contribution is -0.756. The van der Waals surface area contributed by atoms with E-state index in [1.807, 2.05) is 6.92 Å². The topological polar surface area (TPSA) is 133 Å². The quantitative estimate of drug-likeness (QED) is 0.188. The number of phosphoric acid groups is 1. The maximum Gasteiger partial charge on any atom is 0.466 e. The second-order valence-corrected chi connectivity index (χ2v) is 5.54. The molecule has 0 aromatic carbocycles. The van der Waals surface area contributed by atoms with Crippen molar-refractivity contribution in [2.45, 2.75) is 58.0 Å². The van der Waals surface area contributed by atoms with E-state index < -0.39 is 7.82 Å². The summed E-state index contributed by atoms with van der Waals surface area (Å²) in [6.45, 7) is 5.57. The first-order chi connectivity index (χ1) is 10.3. The molecule has 0 aromatic rings. The Labute approximate surface area is 128 Å². The lowest BCUT2D eigenvalue weighted by atomic mass is 9.98. The number of hydrogen-bond donors (Lipinski definition) is 3. The zero-order valence-corrected chi connectivity index (χ0v) is 13.3. The van der Waals surface area contributed by atoms with Gasteiger partial charge in [0.05, 0.1) is 6.10 Å². The Bertz CT molecular complexity index is 317. The molecule has 1 fully saturated rings. The minimum atomic E-state index is -4.64. The first kappa shape index (κ1) is 21.4. The molecule has 0 saturated heterocycles. The van der Waals surface area contributed by atoms with Crippen molar-refractivity contribution in [3.63, 3.8) is 0 Å². The van der Waals surface area contributed by atoms with Crippen molar-refractivity contribution >= 4 is 7.82 Å². The molecular formula is C11H23O10P. The van der Waals surface area contributed by atoms with Crippen LogP contribution in [0.25, 0.3) is 0 Å². The average Bonchev–Trinajstić information content (AvgIpc) is 2.42. The first-order valence-corrected chi connectivity index (χ1v) is 8.35. The highest BCUT2D eigenvalue weighted by Gasteiger charge is 2.15. The van der Waals surface area contributed by atoms with Gasteiger partial charge in [-0.25, -0.2) is 9.45 Å². The van der Waals surface area contributed by atoms with E-state index in [2.05, 4.69) is 31.6 Å². The monoisotopic (exact) mass is 346 g/mol. The molecule has 0 aromatic heterocycles. The zero-order valence-electron chi connectivity index (χ0n) is 12.4. The van der Waals surface area contributed by atoms with Gasteiger partial charge in [-0.05, 0) is 29.3 Å². The smallest absolute Gasteiger partial charge is 0.311 e. The molecule has 0 aliphatic heterocycles. The van der Waals surface area contributed by atoms with Gasteiger partial charge >= 0.3 is 7.82 Å². The molecular weight excluding hydrogens is 323 g/mol. The van der Waals surface area contributed by atoms with Gasteiger partial charge in [0.2, 0.25) is 0 Å². The summed E-state index contributed by atoms with van der Waals surface area (Å²) < 4.78 is 8.88. The molecule has 0 spiro atoms. The van der Waals surface area contributed by atoms with Crippen LogP contribution in [0.3, 0.4) is 0 Å². The van der Waals surface area contributed by atoms with Crippen molar-refractivity contribution < 1.29 is 49.2 Å². The Kier molecular flexibility index (Phi) is 12.6. The molecule has 1 aliphatic rings. The maximum absolute atomic E-state index is 8.88. The first-order valence-electron chi connectivity index (χ1n) is 6.79. The van der Waals surface area contributed by atoms with Gasteiger partial charge in [-0.15, -0.1) is 0 Å². The Morgan fingerprint density at radius 3 is 2.18 bits per heavy atom. The van der Waals surface area contributed by atoms with Crippen molar-refractivity contribution in [2.75, 3.05) is 0 Å². The molecule has 1 rings (SSSR count). The third kappa shape index (κ3) is 17.5. The largest absolute Gasteiger partial charge is 0.466 e. The number of rotatable bonds is 9. The molecule has 3 N–H and O–H groups in total. The SMILES string of the molecule is C=C(CCC)OOOOOOC1CCCCC1.O=P(O)(O)O. The summed E-state index contributed by atoms with van der Waals surface area (Å²) in [6, 6.07) is 0. The van der Waals surface area contributed by atoms with E-state index in [0.29, 0.717) is 12.2 Å². The van der Waals surface area contributed by atoms with E-state index in [0.717, 1.165) is 32.1 Å². The predicted octanol–water partition coefficient (Wildman–Crippen LogP) is 2.38. The lowest BCUT2D eigenvalue weighted by Crippen LogP contribution is -2.17. The molecule has 1 saturated carbocycles. The van der Waals surface area contributed by atoms with Crippen LogP contribution in [-0.2, 0) is 34.5 Å². The molecule has 10 nitrogen and oxygen atoms in total. The van der Waals surface area contributed by atoms with Gasteiger partial charge in [0.25, 0.3) is 0 Å². The third-order valence-electron chi connectivity index (χ3n) is 2.49. The average molecular weight is 346 g/mol. The molecule has 0 atom stereocenters. The summed E-state index contributed by atoms with van der Waals surface area (Å²) in [7, 11) is -4.64. The number of allylic oxidation sites excluding steroid dienone is 1. The van der Waals surface area contributed by atoms with E-state index in [4.69, 9.17) is 24.1 Å². The van der Waals surface area contributed by atoms with E-state index >= 15 is 0 Å². The lowest BCUT2D eigenvalue weighted by Gasteiger charge is -2.18. The molecule has 0 bridgehead atoms. The minimum Gasteiger partial charge on any atom is -0.311 e. The Hall–Kier alpha value is -0.550. The van der Waals surface area contributed by atoms with Gasteiger partial charge in [-0.1, -0.05) is 32.8 Å². The highest BCUT2D eigenvalue weighted by Crippen LogP contribution is 2.25. The van der Waals surface area contributed by atoms with Crippen LogP contribution >= 0.6 is 7.82 Å². The van der Waals surface area contributed by atoms with Crippen molar-refractivity contribution in [2.24, 2.45) is 0 Å². The molecule has 0 heterocycles. The van der Waals surface area contributed by atoms with Crippen molar-refractivity contribution in [3.05, 3.63) is 12.3 Å². The van der Waals surface area contributed by atoms with E-state index in [1.165, 1.54) is 6.42 Å². The Morgan fingerprint density at radius 2 is 1.64 bits per heavy atom. The van der Waals surface area contributed by atoms with Crippen LogP contribution in [0.2, 0.25) is 0 Å². The van der Waals surface area contributed by atoms with Crippen LogP contribution in [0.15, 0.2) is 12.3 Å². The van der Waals surface area contributed by atoms with E-state index in [9.17, 15) is 0 Å². The number of hydrogen-bond acceptors (Lipinski definition) is 7. The fourth-order valence-corrected chi connectivity index (χ4v) is 1.64. The molecule has 132 valence electrons.